The van der Waals surface area contributed by atoms with Crippen LogP contribution in [0.15, 0.2) is 40.3 Å². The van der Waals surface area contributed by atoms with Crippen molar-refractivity contribution < 1.29 is 9.59 Å². The van der Waals surface area contributed by atoms with Crippen LogP contribution in [0.2, 0.25) is 0 Å². The molecule has 5 N–H and O–H groups in total. The lowest BCUT2D eigenvalue weighted by atomic mass is 9.81. The summed E-state index contributed by atoms with van der Waals surface area (Å²) in [4.78, 5) is 30.7. The lowest BCUT2D eigenvalue weighted by Crippen LogP contribution is -2.23. The number of amides is 1. The minimum absolute atomic E-state index is 0.250. The molecule has 0 radical (unpaired) electrons. The summed E-state index contributed by atoms with van der Waals surface area (Å²) in [6, 6.07) is 6.57. The minimum atomic E-state index is 0.250. The van der Waals surface area contributed by atoms with Gasteiger partial charge in [0.15, 0.2) is 0 Å². The van der Waals surface area contributed by atoms with Crippen LogP contribution in [0.4, 0.5) is 5.69 Å². The number of nitrogens with zero attached hydrogens (tertiary/aromatic N) is 3. The molecular weight excluding hydrogens is 536 g/mol. The van der Waals surface area contributed by atoms with Crippen LogP contribution in [0.5, 0.6) is 0 Å². The molecule has 1 aliphatic heterocycles. The van der Waals surface area contributed by atoms with E-state index in [1.807, 2.05) is 6.92 Å². The number of carbonyl (C=O) groups is 2. The molecular formula is C35H60N6O2. The number of nitrogens with one attached hydrogen (secondary N) is 1. The van der Waals surface area contributed by atoms with Crippen LogP contribution in [0.1, 0.15) is 108 Å². The molecule has 0 bridgehead atoms. The second kappa shape index (κ2) is 22.7. The fraction of sp³-hybridized carbons (Fsp3) is 0.657. The van der Waals surface area contributed by atoms with E-state index in [4.69, 9.17) is 20.5 Å². The van der Waals surface area contributed by atoms with Crippen molar-refractivity contribution in [3.63, 3.8) is 0 Å². The molecule has 0 spiro atoms. The molecule has 1 aromatic rings. The quantitative estimate of drug-likeness (QED) is 0.105. The van der Waals surface area contributed by atoms with Crippen molar-refractivity contribution in [2.24, 2.45) is 33.3 Å². The van der Waals surface area contributed by atoms with Gasteiger partial charge in [-0.25, -0.2) is 9.98 Å². The Hall–Kier alpha value is -2.84. The summed E-state index contributed by atoms with van der Waals surface area (Å²) in [6.45, 7) is 16.4. The largest absolute Gasteiger partial charge is 0.387 e. The number of likely N-dealkylation sites (tertiary alicyclic amines) is 1. The fourth-order valence-corrected chi connectivity index (χ4v) is 5.77. The third kappa shape index (κ3) is 16.6. The second-order valence-corrected chi connectivity index (χ2v) is 12.3. The number of hydrogen-bond acceptors (Lipinski definition) is 5. The first-order valence-electron chi connectivity index (χ1n) is 16.3. The summed E-state index contributed by atoms with van der Waals surface area (Å²) < 4.78 is 0. The van der Waals surface area contributed by atoms with Crippen molar-refractivity contribution in [3.8, 4) is 0 Å². The first kappa shape index (κ1) is 38.2. The molecule has 1 aromatic carbocycles. The monoisotopic (exact) mass is 596 g/mol. The maximum atomic E-state index is 10.2. The molecule has 8 nitrogen and oxygen atoms in total. The van der Waals surface area contributed by atoms with Gasteiger partial charge in [-0.05, 0) is 99.8 Å². The lowest BCUT2D eigenvalue weighted by molar-refractivity contribution is -0.107. The van der Waals surface area contributed by atoms with Gasteiger partial charge in [0, 0.05) is 19.4 Å². The first-order chi connectivity index (χ1) is 20.7. The maximum Gasteiger partial charge on any atom is 0.204 e. The first-order valence-corrected chi connectivity index (χ1v) is 16.3. The topological polar surface area (TPSA) is 126 Å². The number of aryl methyl sites for hydroxylation is 1. The summed E-state index contributed by atoms with van der Waals surface area (Å²) in [5, 5.41) is 3.41. The number of hydrogen-bond donors (Lipinski definition) is 3. The predicted octanol–water partition coefficient (Wildman–Crippen LogP) is 6.44. The SMILES string of the molecule is C=C(C=O)CN1CCCC1.CCC(N)=NC(CCC(CNC)CC1CCCCC1)=Nc1ccc(C(C)C)cc1C.NC=O. The summed E-state index contributed by atoms with van der Waals surface area (Å²) in [7, 11) is 2.07. The Morgan fingerprint density at radius 2 is 1.79 bits per heavy atom. The Labute approximate surface area is 261 Å². The van der Waals surface area contributed by atoms with E-state index in [2.05, 4.69) is 68.5 Å². The number of primary amides is 1. The van der Waals surface area contributed by atoms with E-state index in [0.717, 1.165) is 69.2 Å². The zero-order valence-electron chi connectivity index (χ0n) is 27.7. The van der Waals surface area contributed by atoms with Gasteiger partial charge in [0.25, 0.3) is 0 Å². The molecule has 2 fully saturated rings. The maximum absolute atomic E-state index is 10.2. The van der Waals surface area contributed by atoms with Crippen molar-refractivity contribution in [3.05, 3.63) is 41.5 Å². The van der Waals surface area contributed by atoms with Gasteiger partial charge in [-0.1, -0.05) is 71.6 Å². The van der Waals surface area contributed by atoms with Crippen LogP contribution in [-0.4, -0.2) is 62.5 Å². The molecule has 43 heavy (non-hydrogen) atoms. The van der Waals surface area contributed by atoms with E-state index in [-0.39, 0.29) is 6.41 Å². The smallest absolute Gasteiger partial charge is 0.204 e. The summed E-state index contributed by atoms with van der Waals surface area (Å²) in [5.74, 6) is 3.64. The number of aldehydes is 1. The molecule has 1 unspecified atom stereocenters. The van der Waals surface area contributed by atoms with E-state index in [1.165, 1.54) is 62.5 Å². The van der Waals surface area contributed by atoms with E-state index < -0.39 is 0 Å². The number of rotatable bonds is 13. The molecule has 1 saturated carbocycles. The van der Waals surface area contributed by atoms with Gasteiger partial charge in [-0.3, -0.25) is 14.5 Å². The zero-order chi connectivity index (χ0) is 32.0. The van der Waals surface area contributed by atoms with Crippen molar-refractivity contribution >= 4 is 30.1 Å². The molecule has 1 heterocycles. The summed E-state index contributed by atoms with van der Waals surface area (Å²) in [6.07, 6.45) is 14.8. The molecule has 242 valence electrons. The molecule has 1 amide bonds. The highest BCUT2D eigenvalue weighted by molar-refractivity contribution is 5.97. The number of carbonyl (C=O) groups excluding carboxylic acids is 2. The third-order valence-corrected chi connectivity index (χ3v) is 8.22. The second-order valence-electron chi connectivity index (χ2n) is 12.3. The molecule has 2 aliphatic rings. The molecule has 1 saturated heterocycles. The predicted molar refractivity (Wildman–Crippen MR) is 183 cm³/mol. The van der Waals surface area contributed by atoms with Gasteiger partial charge in [0.2, 0.25) is 6.41 Å². The minimum Gasteiger partial charge on any atom is -0.387 e. The molecule has 8 heteroatoms. The number of benzene rings is 1. The van der Waals surface area contributed by atoms with Gasteiger partial charge >= 0.3 is 0 Å². The lowest BCUT2D eigenvalue weighted by Gasteiger charge is -2.26. The normalized spacial score (nSPS) is 17.0. The highest BCUT2D eigenvalue weighted by atomic mass is 16.1. The van der Waals surface area contributed by atoms with Gasteiger partial charge < -0.3 is 16.8 Å². The van der Waals surface area contributed by atoms with E-state index in [1.54, 1.807) is 0 Å². The highest BCUT2D eigenvalue weighted by Crippen LogP contribution is 2.31. The Morgan fingerprint density at radius 1 is 1.14 bits per heavy atom. The standard InChI is InChI=1S/C26H44N4.C8H13NO.CH3NO/c1-6-25(27)30-26(29-24-14-13-23(19(2)3)16-20(24)4)15-12-22(18-28-5)17-21-10-8-7-9-11-21;1-8(7-10)6-9-4-2-3-5-9;2-1-3/h13-14,16,19,21-22,28H,6-12,15,17-18H2,1-5H3,(H2,27,29,30);7H,1-6H2;1H,(H2,2,3). The van der Waals surface area contributed by atoms with Crippen LogP contribution in [0, 0.1) is 18.8 Å². The number of aliphatic imine (C=N–C) groups is 2. The van der Waals surface area contributed by atoms with Gasteiger partial charge in [0.1, 0.15) is 18.0 Å². The number of amidine groups is 2. The van der Waals surface area contributed by atoms with E-state index in [9.17, 15) is 4.79 Å². The van der Waals surface area contributed by atoms with Crippen molar-refractivity contribution in [1.82, 2.24) is 10.2 Å². The summed E-state index contributed by atoms with van der Waals surface area (Å²) in [5.41, 5.74) is 14.5. The Kier molecular flexibility index (Phi) is 20.1. The van der Waals surface area contributed by atoms with Gasteiger partial charge in [-0.2, -0.15) is 0 Å². The molecule has 1 aliphatic carbocycles. The molecule has 3 rings (SSSR count). The Balaban J connectivity index is 0.000000589. The van der Waals surface area contributed by atoms with Gasteiger partial charge in [-0.15, -0.1) is 0 Å². The van der Waals surface area contributed by atoms with Crippen LogP contribution in [0.3, 0.4) is 0 Å². The number of nitrogens with two attached hydrogens (primary N) is 2. The Bertz CT molecular complexity index is 1010. The van der Waals surface area contributed by atoms with Crippen LogP contribution in [0.25, 0.3) is 0 Å². The molecule has 0 aromatic heterocycles. The summed E-state index contributed by atoms with van der Waals surface area (Å²) >= 11 is 0. The van der Waals surface area contributed by atoms with Crippen LogP contribution >= 0.6 is 0 Å². The average molecular weight is 597 g/mol. The highest BCUT2D eigenvalue weighted by Gasteiger charge is 2.19. The molecule has 1 atom stereocenters. The van der Waals surface area contributed by atoms with Crippen molar-refractivity contribution in [2.75, 3.05) is 33.2 Å². The zero-order valence-corrected chi connectivity index (χ0v) is 27.7. The average Bonchev–Trinajstić information content (AvgIpc) is 3.51. The van der Waals surface area contributed by atoms with Crippen LogP contribution < -0.4 is 16.8 Å². The van der Waals surface area contributed by atoms with Crippen molar-refractivity contribution in [2.45, 2.75) is 104 Å². The van der Waals surface area contributed by atoms with Crippen LogP contribution in [-0.2, 0) is 9.59 Å². The van der Waals surface area contributed by atoms with E-state index >= 15 is 0 Å². The Morgan fingerprint density at radius 3 is 2.33 bits per heavy atom. The van der Waals surface area contributed by atoms with Gasteiger partial charge in [0.05, 0.1) is 5.69 Å². The fourth-order valence-electron chi connectivity index (χ4n) is 5.77. The van der Waals surface area contributed by atoms with E-state index in [0.29, 0.717) is 23.2 Å². The third-order valence-electron chi connectivity index (χ3n) is 8.22. The van der Waals surface area contributed by atoms with Crippen molar-refractivity contribution in [1.29, 1.82) is 0 Å².